The second-order valence-electron chi connectivity index (χ2n) is 4.12. The summed E-state index contributed by atoms with van der Waals surface area (Å²) in [4.78, 5) is 4.27. The molecule has 0 saturated heterocycles. The minimum atomic E-state index is -0.305. The first kappa shape index (κ1) is 12.7. The maximum absolute atomic E-state index is 13.1. The van der Waals surface area contributed by atoms with Gasteiger partial charge in [-0.2, -0.15) is 4.98 Å². The average Bonchev–Trinajstić information content (AvgIpc) is 2.84. The summed E-state index contributed by atoms with van der Waals surface area (Å²) in [6.07, 6.45) is 1.66. The quantitative estimate of drug-likeness (QED) is 0.884. The van der Waals surface area contributed by atoms with E-state index in [0.717, 1.165) is 6.42 Å². The van der Waals surface area contributed by atoms with E-state index in [-0.39, 0.29) is 5.82 Å². The second-order valence-corrected chi connectivity index (χ2v) is 4.12. The Bertz CT molecular complexity index is 508. The lowest BCUT2D eigenvalue weighted by atomic mass is 10.1. The Morgan fingerprint density at radius 3 is 2.94 bits per heavy atom. The number of rotatable bonds is 5. The smallest absolute Gasteiger partial charge is 0.228 e. The number of halogens is 1. The number of nitrogens with zero attached hydrogens (tertiary/aromatic N) is 2. The van der Waals surface area contributed by atoms with E-state index in [0.29, 0.717) is 29.7 Å². The number of nitrogens with one attached hydrogen (secondary N) is 1. The fourth-order valence-corrected chi connectivity index (χ4v) is 1.74. The third-order valence-corrected chi connectivity index (χ3v) is 2.87. The second kappa shape index (κ2) is 5.73. The molecule has 0 aliphatic carbocycles. The molecule has 0 spiro atoms. The lowest BCUT2D eigenvalue weighted by Crippen LogP contribution is -2.26. The Morgan fingerprint density at radius 1 is 1.44 bits per heavy atom. The van der Waals surface area contributed by atoms with Gasteiger partial charge in [-0.3, -0.25) is 0 Å². The molecule has 96 valence electrons. The summed E-state index contributed by atoms with van der Waals surface area (Å²) in [7, 11) is 1.90. The van der Waals surface area contributed by atoms with Crippen LogP contribution in [0.5, 0.6) is 0 Å². The molecule has 0 saturated carbocycles. The number of benzene rings is 1. The van der Waals surface area contributed by atoms with Gasteiger partial charge in [-0.1, -0.05) is 24.2 Å². The van der Waals surface area contributed by atoms with Crippen molar-refractivity contribution in [2.24, 2.45) is 0 Å². The molecule has 0 aliphatic heterocycles. The lowest BCUT2D eigenvalue weighted by Gasteiger charge is -2.09. The zero-order valence-electron chi connectivity index (χ0n) is 10.5. The van der Waals surface area contributed by atoms with Crippen LogP contribution in [0.25, 0.3) is 11.4 Å². The van der Waals surface area contributed by atoms with Crippen LogP contribution in [0.15, 0.2) is 28.8 Å². The summed E-state index contributed by atoms with van der Waals surface area (Å²) in [5.74, 6) is 0.687. The van der Waals surface area contributed by atoms with Gasteiger partial charge >= 0.3 is 0 Å². The van der Waals surface area contributed by atoms with Crippen LogP contribution in [0.4, 0.5) is 4.39 Å². The van der Waals surface area contributed by atoms with E-state index >= 15 is 0 Å². The first-order valence-corrected chi connectivity index (χ1v) is 5.98. The van der Waals surface area contributed by atoms with Gasteiger partial charge in [0.25, 0.3) is 0 Å². The largest absolute Gasteiger partial charge is 0.339 e. The molecule has 0 radical (unpaired) electrons. The van der Waals surface area contributed by atoms with Crippen LogP contribution < -0.4 is 5.32 Å². The van der Waals surface area contributed by atoms with Crippen LogP contribution in [-0.2, 0) is 6.42 Å². The van der Waals surface area contributed by atoms with Crippen LogP contribution in [0.3, 0.4) is 0 Å². The maximum Gasteiger partial charge on any atom is 0.228 e. The summed E-state index contributed by atoms with van der Waals surface area (Å²) in [6.45, 7) is 2.09. The first-order valence-electron chi connectivity index (χ1n) is 5.98. The molecular weight excluding hydrogens is 233 g/mol. The molecule has 2 aromatic rings. The van der Waals surface area contributed by atoms with Crippen molar-refractivity contribution in [1.29, 1.82) is 0 Å². The van der Waals surface area contributed by atoms with Crippen molar-refractivity contribution in [2.45, 2.75) is 25.8 Å². The molecule has 1 aromatic carbocycles. The molecule has 2 rings (SSSR count). The standard InChI is InChI=1S/C13H16FN3O/c1-3-11(15-2)8-12-16-13(17-18-12)9-5-4-6-10(14)7-9/h4-7,11,15H,3,8H2,1-2H3. The number of likely N-dealkylation sites (N-methyl/N-ethyl adjacent to an activating group) is 1. The molecule has 4 nitrogen and oxygen atoms in total. The molecule has 0 fully saturated rings. The van der Waals surface area contributed by atoms with Crippen LogP contribution in [0, 0.1) is 5.82 Å². The first-order chi connectivity index (χ1) is 8.72. The predicted octanol–water partition coefficient (Wildman–Crippen LogP) is 2.42. The molecule has 0 aliphatic rings. The van der Waals surface area contributed by atoms with Crippen molar-refractivity contribution in [1.82, 2.24) is 15.5 Å². The van der Waals surface area contributed by atoms with E-state index in [1.165, 1.54) is 12.1 Å². The van der Waals surface area contributed by atoms with Crippen molar-refractivity contribution in [2.75, 3.05) is 7.05 Å². The molecule has 5 heteroatoms. The Hall–Kier alpha value is -1.75. The highest BCUT2D eigenvalue weighted by Gasteiger charge is 2.12. The highest BCUT2D eigenvalue weighted by Crippen LogP contribution is 2.17. The van der Waals surface area contributed by atoms with Crippen molar-refractivity contribution >= 4 is 0 Å². The Balaban J connectivity index is 2.15. The van der Waals surface area contributed by atoms with Gasteiger partial charge in [-0.15, -0.1) is 0 Å². The van der Waals surface area contributed by atoms with Gasteiger partial charge in [-0.25, -0.2) is 4.39 Å². The minimum Gasteiger partial charge on any atom is -0.339 e. The van der Waals surface area contributed by atoms with Crippen molar-refractivity contribution in [3.8, 4) is 11.4 Å². The normalized spacial score (nSPS) is 12.6. The molecule has 1 N–H and O–H groups in total. The van der Waals surface area contributed by atoms with Crippen LogP contribution >= 0.6 is 0 Å². The highest BCUT2D eigenvalue weighted by molar-refractivity contribution is 5.53. The summed E-state index contributed by atoms with van der Waals surface area (Å²) in [5, 5.41) is 7.04. The van der Waals surface area contributed by atoms with E-state index in [1.807, 2.05) is 7.05 Å². The van der Waals surface area contributed by atoms with E-state index in [2.05, 4.69) is 22.4 Å². The van der Waals surface area contributed by atoms with Gasteiger partial charge in [0.15, 0.2) is 0 Å². The third kappa shape index (κ3) is 2.92. The molecule has 1 atom stereocenters. The fourth-order valence-electron chi connectivity index (χ4n) is 1.74. The monoisotopic (exact) mass is 249 g/mol. The Labute approximate surface area is 105 Å². The fraction of sp³-hybridized carbons (Fsp3) is 0.385. The van der Waals surface area contributed by atoms with Crippen LogP contribution in [-0.4, -0.2) is 23.2 Å². The van der Waals surface area contributed by atoms with Crippen LogP contribution in [0.2, 0.25) is 0 Å². The summed E-state index contributed by atoms with van der Waals surface area (Å²) in [5.41, 5.74) is 0.627. The summed E-state index contributed by atoms with van der Waals surface area (Å²) in [6, 6.07) is 6.48. The molecule has 0 bridgehead atoms. The van der Waals surface area contributed by atoms with Crippen molar-refractivity contribution < 1.29 is 8.91 Å². The topological polar surface area (TPSA) is 51.0 Å². The number of aromatic nitrogens is 2. The van der Waals surface area contributed by atoms with Crippen molar-refractivity contribution in [3.05, 3.63) is 36.0 Å². The van der Waals surface area contributed by atoms with Gasteiger partial charge in [0, 0.05) is 18.0 Å². The van der Waals surface area contributed by atoms with E-state index in [1.54, 1.807) is 12.1 Å². The Kier molecular flexibility index (Phi) is 4.04. The lowest BCUT2D eigenvalue weighted by molar-refractivity contribution is 0.359. The number of hydrogen-bond donors (Lipinski definition) is 1. The average molecular weight is 249 g/mol. The molecule has 1 heterocycles. The molecular formula is C13H16FN3O. The predicted molar refractivity (Wildman–Crippen MR) is 66.5 cm³/mol. The molecule has 0 amide bonds. The number of hydrogen-bond acceptors (Lipinski definition) is 4. The van der Waals surface area contributed by atoms with Gasteiger partial charge in [-0.05, 0) is 25.6 Å². The molecule has 1 aromatic heterocycles. The van der Waals surface area contributed by atoms with Crippen molar-refractivity contribution in [3.63, 3.8) is 0 Å². The maximum atomic E-state index is 13.1. The zero-order valence-corrected chi connectivity index (χ0v) is 10.5. The van der Waals surface area contributed by atoms with Gasteiger partial charge in [0.1, 0.15) is 5.82 Å². The molecule has 1 unspecified atom stereocenters. The summed E-state index contributed by atoms with van der Waals surface area (Å²) >= 11 is 0. The van der Waals surface area contributed by atoms with Gasteiger partial charge < -0.3 is 9.84 Å². The summed E-state index contributed by atoms with van der Waals surface area (Å²) < 4.78 is 18.3. The third-order valence-electron chi connectivity index (χ3n) is 2.87. The minimum absolute atomic E-state index is 0.305. The van der Waals surface area contributed by atoms with Crippen LogP contribution in [0.1, 0.15) is 19.2 Å². The van der Waals surface area contributed by atoms with E-state index < -0.39 is 0 Å². The van der Waals surface area contributed by atoms with E-state index in [4.69, 9.17) is 4.52 Å². The zero-order chi connectivity index (χ0) is 13.0. The Morgan fingerprint density at radius 2 is 2.28 bits per heavy atom. The van der Waals surface area contributed by atoms with E-state index in [9.17, 15) is 4.39 Å². The highest BCUT2D eigenvalue weighted by atomic mass is 19.1. The SMILES string of the molecule is CCC(Cc1nc(-c2cccc(F)c2)no1)NC. The molecule has 18 heavy (non-hydrogen) atoms. The van der Waals surface area contributed by atoms with Gasteiger partial charge in [0.2, 0.25) is 11.7 Å². The van der Waals surface area contributed by atoms with Gasteiger partial charge in [0.05, 0.1) is 0 Å².